The van der Waals surface area contributed by atoms with Crippen molar-refractivity contribution in [2.75, 3.05) is 19.7 Å². The van der Waals surface area contributed by atoms with Crippen molar-refractivity contribution in [1.82, 2.24) is 4.90 Å². The lowest BCUT2D eigenvalue weighted by molar-refractivity contribution is -0.144. The molecule has 0 aromatic heterocycles. The number of hydrogen-bond donors (Lipinski definition) is 1. The zero-order valence-corrected chi connectivity index (χ0v) is 18.8. The second kappa shape index (κ2) is 10.0. The van der Waals surface area contributed by atoms with E-state index in [1.165, 1.54) is 4.90 Å². The van der Waals surface area contributed by atoms with E-state index in [9.17, 15) is 14.7 Å². The largest absolute Gasteiger partial charge is 0.466 e. The van der Waals surface area contributed by atoms with Crippen molar-refractivity contribution in [2.24, 2.45) is 11.3 Å². The van der Waals surface area contributed by atoms with E-state index < -0.39 is 12.2 Å². The molecule has 1 heterocycles. The van der Waals surface area contributed by atoms with Crippen molar-refractivity contribution in [2.45, 2.75) is 52.7 Å². The summed E-state index contributed by atoms with van der Waals surface area (Å²) in [6.07, 6.45) is -1.13. The van der Waals surface area contributed by atoms with Gasteiger partial charge in [0.15, 0.2) is 0 Å². The molecule has 1 unspecified atom stereocenters. The van der Waals surface area contributed by atoms with Gasteiger partial charge in [-0.15, -0.1) is 0 Å². The molecular weight excluding hydrogens is 417 g/mol. The average molecular weight is 446 g/mol. The molecule has 1 N–H and O–H groups in total. The van der Waals surface area contributed by atoms with E-state index in [4.69, 9.17) is 32.7 Å². The van der Waals surface area contributed by atoms with Crippen LogP contribution in [-0.4, -0.2) is 47.9 Å². The van der Waals surface area contributed by atoms with Gasteiger partial charge in [0.25, 0.3) is 0 Å². The first kappa shape index (κ1) is 23.8. The molecule has 1 amide bonds. The summed E-state index contributed by atoms with van der Waals surface area (Å²) >= 11 is 12.3. The number of nitrogens with zero attached hydrogens (tertiary/aromatic N) is 1. The Balaban J connectivity index is 2.40. The molecule has 0 saturated carbocycles. The second-order valence-electron chi connectivity index (χ2n) is 8.38. The Bertz CT molecular complexity index is 734. The SMILES string of the molecule is CCOC(=O)CC[C@@H]1CN(C(=O)O)CC(C(C)(C)C)O[C@H]1c1ccc(Cl)c(Cl)c1. The topological polar surface area (TPSA) is 76.1 Å². The summed E-state index contributed by atoms with van der Waals surface area (Å²) < 4.78 is 11.5. The Kier molecular flexibility index (Phi) is 8.20. The molecule has 1 aliphatic rings. The quantitative estimate of drug-likeness (QED) is 0.612. The molecule has 1 aromatic rings. The van der Waals surface area contributed by atoms with E-state index in [1.54, 1.807) is 19.1 Å². The predicted molar refractivity (Wildman–Crippen MR) is 112 cm³/mol. The standard InChI is InChI=1S/C21H29Cl2NO5/c1-5-28-18(25)9-7-14-11-24(20(26)27)12-17(21(2,3)4)29-19(14)13-6-8-15(22)16(23)10-13/h6,8,10,14,17,19H,5,7,9,11-12H2,1-4H3,(H,26,27)/t14-,17?,19+/m1/s1. The van der Waals surface area contributed by atoms with Crippen molar-refractivity contribution in [3.8, 4) is 0 Å². The summed E-state index contributed by atoms with van der Waals surface area (Å²) in [6.45, 7) is 8.63. The smallest absolute Gasteiger partial charge is 0.407 e. The van der Waals surface area contributed by atoms with Gasteiger partial charge in [-0.05, 0) is 36.5 Å². The molecule has 0 radical (unpaired) electrons. The number of hydrogen-bond acceptors (Lipinski definition) is 4. The van der Waals surface area contributed by atoms with Gasteiger partial charge in [-0.1, -0.05) is 50.0 Å². The van der Waals surface area contributed by atoms with E-state index in [2.05, 4.69) is 0 Å². The number of carbonyl (C=O) groups is 2. The Morgan fingerprint density at radius 1 is 1.24 bits per heavy atom. The van der Waals surface area contributed by atoms with E-state index in [0.29, 0.717) is 23.1 Å². The minimum Gasteiger partial charge on any atom is -0.466 e. The fourth-order valence-corrected chi connectivity index (χ4v) is 3.74. The first-order chi connectivity index (χ1) is 13.5. The zero-order chi connectivity index (χ0) is 21.8. The molecule has 0 aliphatic carbocycles. The summed E-state index contributed by atoms with van der Waals surface area (Å²) in [5, 5.41) is 10.5. The van der Waals surface area contributed by atoms with Gasteiger partial charge in [0.2, 0.25) is 0 Å². The van der Waals surface area contributed by atoms with Crippen LogP contribution in [0.25, 0.3) is 0 Å². The lowest BCUT2D eigenvalue weighted by Crippen LogP contribution is -2.42. The fraction of sp³-hybridized carbons (Fsp3) is 0.619. The van der Waals surface area contributed by atoms with Crippen molar-refractivity contribution in [1.29, 1.82) is 0 Å². The average Bonchev–Trinajstić information content (AvgIpc) is 2.82. The van der Waals surface area contributed by atoms with Crippen LogP contribution in [0.4, 0.5) is 4.79 Å². The maximum atomic E-state index is 11.9. The third kappa shape index (κ3) is 6.49. The lowest BCUT2D eigenvalue weighted by atomic mass is 9.88. The summed E-state index contributed by atoms with van der Waals surface area (Å²) in [6, 6.07) is 5.30. The van der Waals surface area contributed by atoms with Gasteiger partial charge in [0.05, 0.1) is 35.4 Å². The molecule has 1 fully saturated rings. The first-order valence-corrected chi connectivity index (χ1v) is 10.5. The maximum absolute atomic E-state index is 11.9. The molecule has 8 heteroatoms. The van der Waals surface area contributed by atoms with Crippen molar-refractivity contribution in [3.63, 3.8) is 0 Å². The third-order valence-electron chi connectivity index (χ3n) is 5.11. The number of halogens is 2. The Hall–Kier alpha value is -1.50. The van der Waals surface area contributed by atoms with Gasteiger partial charge >= 0.3 is 12.1 Å². The van der Waals surface area contributed by atoms with Crippen molar-refractivity contribution in [3.05, 3.63) is 33.8 Å². The monoisotopic (exact) mass is 445 g/mol. The van der Waals surface area contributed by atoms with Gasteiger partial charge in [-0.2, -0.15) is 0 Å². The fourth-order valence-electron chi connectivity index (χ4n) is 3.44. The summed E-state index contributed by atoms with van der Waals surface area (Å²) in [4.78, 5) is 25.1. The van der Waals surface area contributed by atoms with Crippen LogP contribution in [0, 0.1) is 11.3 Å². The number of carbonyl (C=O) groups excluding carboxylic acids is 1. The van der Waals surface area contributed by atoms with Crippen molar-refractivity contribution < 1.29 is 24.2 Å². The molecule has 29 heavy (non-hydrogen) atoms. The number of amides is 1. The molecule has 0 spiro atoms. The number of benzene rings is 1. The summed E-state index contributed by atoms with van der Waals surface area (Å²) in [7, 11) is 0. The van der Waals surface area contributed by atoms with Crippen LogP contribution in [-0.2, 0) is 14.3 Å². The molecule has 2 rings (SSSR count). The maximum Gasteiger partial charge on any atom is 0.407 e. The lowest BCUT2D eigenvalue weighted by Gasteiger charge is -2.34. The molecule has 1 aliphatic heterocycles. The van der Waals surface area contributed by atoms with Crippen LogP contribution in [0.3, 0.4) is 0 Å². The first-order valence-electron chi connectivity index (χ1n) is 9.76. The Morgan fingerprint density at radius 2 is 1.93 bits per heavy atom. The third-order valence-corrected chi connectivity index (χ3v) is 5.85. The molecule has 3 atom stereocenters. The highest BCUT2D eigenvalue weighted by atomic mass is 35.5. The van der Waals surface area contributed by atoms with Gasteiger partial charge in [0.1, 0.15) is 0 Å². The van der Waals surface area contributed by atoms with Gasteiger partial charge < -0.3 is 19.5 Å². The molecular formula is C21H29Cl2NO5. The van der Waals surface area contributed by atoms with Crippen LogP contribution < -0.4 is 0 Å². The van der Waals surface area contributed by atoms with Gasteiger partial charge in [-0.3, -0.25) is 4.79 Å². The Morgan fingerprint density at radius 3 is 2.48 bits per heavy atom. The van der Waals surface area contributed by atoms with Crippen LogP contribution in [0.2, 0.25) is 10.0 Å². The number of carboxylic acid groups (broad SMARTS) is 1. The molecule has 1 saturated heterocycles. The van der Waals surface area contributed by atoms with E-state index >= 15 is 0 Å². The normalized spacial score (nSPS) is 22.8. The van der Waals surface area contributed by atoms with E-state index in [1.807, 2.05) is 26.8 Å². The molecule has 1 aromatic carbocycles. The van der Waals surface area contributed by atoms with Crippen LogP contribution >= 0.6 is 23.2 Å². The number of ether oxygens (including phenoxy) is 2. The summed E-state index contributed by atoms with van der Waals surface area (Å²) in [5.41, 5.74) is 0.535. The second-order valence-corrected chi connectivity index (χ2v) is 9.19. The highest BCUT2D eigenvalue weighted by molar-refractivity contribution is 6.42. The highest BCUT2D eigenvalue weighted by Gasteiger charge is 2.39. The molecule has 6 nitrogen and oxygen atoms in total. The highest BCUT2D eigenvalue weighted by Crippen LogP contribution is 2.40. The predicted octanol–water partition coefficient (Wildman–Crippen LogP) is 5.42. The summed E-state index contributed by atoms with van der Waals surface area (Å²) in [5.74, 6) is -0.543. The number of esters is 1. The van der Waals surface area contributed by atoms with E-state index in [-0.39, 0.29) is 42.9 Å². The van der Waals surface area contributed by atoms with Crippen LogP contribution in [0.1, 0.15) is 52.2 Å². The van der Waals surface area contributed by atoms with Gasteiger partial charge in [-0.25, -0.2) is 4.79 Å². The number of rotatable bonds is 5. The van der Waals surface area contributed by atoms with Gasteiger partial charge in [0, 0.05) is 18.9 Å². The van der Waals surface area contributed by atoms with E-state index in [0.717, 1.165) is 5.56 Å². The minimum atomic E-state index is -1.00. The molecule has 162 valence electrons. The Labute approximate surface area is 182 Å². The van der Waals surface area contributed by atoms with Crippen LogP contribution in [0.15, 0.2) is 18.2 Å². The molecule has 0 bridgehead atoms. The minimum absolute atomic E-state index is 0.188. The van der Waals surface area contributed by atoms with Crippen LogP contribution in [0.5, 0.6) is 0 Å². The zero-order valence-electron chi connectivity index (χ0n) is 17.3. The van der Waals surface area contributed by atoms with Crippen molar-refractivity contribution >= 4 is 35.3 Å².